The van der Waals surface area contributed by atoms with Gasteiger partial charge in [-0.05, 0) is 49.8 Å². The fourth-order valence-corrected chi connectivity index (χ4v) is 3.38. The molecule has 0 aromatic heterocycles. The highest BCUT2D eigenvalue weighted by molar-refractivity contribution is 5.98. The Morgan fingerprint density at radius 1 is 1.05 bits per heavy atom. The van der Waals surface area contributed by atoms with Crippen molar-refractivity contribution in [2.75, 3.05) is 0 Å². The van der Waals surface area contributed by atoms with Crippen molar-refractivity contribution in [3.63, 3.8) is 0 Å². The summed E-state index contributed by atoms with van der Waals surface area (Å²) in [6, 6.07) is 6.87. The van der Waals surface area contributed by atoms with Crippen LogP contribution < -0.4 is 0 Å². The fourth-order valence-electron chi connectivity index (χ4n) is 2.60. The number of hydrogen-bond acceptors (Lipinski definition) is 1. The molecule has 0 aliphatic carbocycles. The van der Waals surface area contributed by atoms with Crippen molar-refractivity contribution in [2.45, 2.75) is 64.4 Å². The fraction of sp³-hybridized carbons (Fsp3) is 0.625. The Morgan fingerprint density at radius 2 is 1.68 bits per heavy atom. The Hall–Kier alpha value is -0.673. The molecule has 1 aromatic rings. The van der Waals surface area contributed by atoms with E-state index in [1.807, 2.05) is 12.1 Å². The maximum atomic E-state index is 12.8. The second kappa shape index (κ2) is 8.49. The Balaban J connectivity index is 2.22. The third-order valence-electron chi connectivity index (χ3n) is 4.23. The van der Waals surface area contributed by atoms with Crippen LogP contribution in [0.5, 0.6) is 0 Å². The van der Waals surface area contributed by atoms with Crippen LogP contribution in [-0.4, -0.2) is 16.1 Å². The van der Waals surface area contributed by atoms with Crippen LogP contribution in [0.25, 0.3) is 0 Å². The molecule has 0 bridgehead atoms. The normalized spacial score (nSPS) is 11.9. The molecule has 3 heteroatoms. The number of halogens is 1. The minimum atomic E-state index is -0.149. The number of rotatable bonds is 9. The van der Waals surface area contributed by atoms with Crippen LogP contribution in [0.1, 0.15) is 57.9 Å². The maximum Gasteiger partial charge on any atom is 0.146 e. The zero-order chi connectivity index (χ0) is 14.1. The summed E-state index contributed by atoms with van der Waals surface area (Å²) in [6.07, 6.45) is 8.08. The lowest BCUT2D eigenvalue weighted by atomic mass is 9.90. The van der Waals surface area contributed by atoms with E-state index in [0.29, 0.717) is 0 Å². The smallest absolute Gasteiger partial charge is 0.146 e. The predicted octanol–water partition coefficient (Wildman–Crippen LogP) is 3.78. The molecule has 0 aliphatic heterocycles. The molecular formula is C16H27FOSi. The van der Waals surface area contributed by atoms with E-state index in [0.717, 1.165) is 29.7 Å². The van der Waals surface area contributed by atoms with Gasteiger partial charge >= 0.3 is 0 Å². The van der Waals surface area contributed by atoms with Gasteiger partial charge in [0.05, 0.1) is 5.60 Å². The second-order valence-electron chi connectivity index (χ2n) is 5.28. The van der Waals surface area contributed by atoms with Crippen LogP contribution in [-0.2, 0) is 10.8 Å². The molecule has 0 saturated carbocycles. The molecule has 1 nitrogen and oxygen atoms in total. The van der Waals surface area contributed by atoms with Crippen LogP contribution in [0.4, 0.5) is 4.39 Å². The maximum absolute atomic E-state index is 12.8. The van der Waals surface area contributed by atoms with Gasteiger partial charge in [0, 0.05) is 0 Å². The van der Waals surface area contributed by atoms with Gasteiger partial charge in [0.2, 0.25) is 0 Å². The first-order valence-corrected chi connectivity index (χ1v) is 8.27. The summed E-state index contributed by atoms with van der Waals surface area (Å²) in [4.78, 5) is 0. The lowest BCUT2D eigenvalue weighted by Gasteiger charge is -2.31. The van der Waals surface area contributed by atoms with Gasteiger partial charge < -0.3 is 4.43 Å². The summed E-state index contributed by atoms with van der Waals surface area (Å²) in [7, 11) is 0.828. The van der Waals surface area contributed by atoms with Crippen molar-refractivity contribution in [3.05, 3.63) is 35.6 Å². The Labute approximate surface area is 120 Å². The van der Waals surface area contributed by atoms with E-state index in [1.165, 1.54) is 31.2 Å². The van der Waals surface area contributed by atoms with E-state index in [9.17, 15) is 4.39 Å². The van der Waals surface area contributed by atoms with Gasteiger partial charge in [-0.15, -0.1) is 0 Å². The van der Waals surface area contributed by atoms with Crippen LogP contribution >= 0.6 is 0 Å². The van der Waals surface area contributed by atoms with E-state index in [1.54, 1.807) is 12.1 Å². The van der Waals surface area contributed by atoms with E-state index in [4.69, 9.17) is 4.43 Å². The van der Waals surface area contributed by atoms with Crippen LogP contribution in [0.2, 0.25) is 0 Å². The Bertz CT molecular complexity index is 338. The Kier molecular flexibility index (Phi) is 7.32. The largest absolute Gasteiger partial charge is 0.422 e. The van der Waals surface area contributed by atoms with Gasteiger partial charge in [0.15, 0.2) is 0 Å². The summed E-state index contributed by atoms with van der Waals surface area (Å²) in [6.45, 7) is 4.44. The van der Waals surface area contributed by atoms with Crippen LogP contribution in [0, 0.1) is 5.82 Å². The van der Waals surface area contributed by atoms with E-state index >= 15 is 0 Å². The molecule has 19 heavy (non-hydrogen) atoms. The molecule has 108 valence electrons. The van der Waals surface area contributed by atoms with Gasteiger partial charge in [0.1, 0.15) is 16.3 Å². The lowest BCUT2D eigenvalue weighted by Crippen LogP contribution is -2.30. The molecule has 0 spiro atoms. The third kappa shape index (κ3) is 5.45. The minimum absolute atomic E-state index is 0.141. The molecule has 0 radical (unpaired) electrons. The summed E-state index contributed by atoms with van der Waals surface area (Å²) >= 11 is 0. The zero-order valence-electron chi connectivity index (χ0n) is 12.5. The van der Waals surface area contributed by atoms with Crippen molar-refractivity contribution >= 4 is 10.5 Å². The van der Waals surface area contributed by atoms with Crippen molar-refractivity contribution in [1.29, 1.82) is 0 Å². The van der Waals surface area contributed by atoms with Crippen LogP contribution in [0.3, 0.4) is 0 Å². The average Bonchev–Trinajstić information content (AvgIpc) is 2.45. The van der Waals surface area contributed by atoms with E-state index < -0.39 is 0 Å². The highest BCUT2D eigenvalue weighted by Crippen LogP contribution is 2.26. The van der Waals surface area contributed by atoms with Gasteiger partial charge in [-0.25, -0.2) is 4.39 Å². The SMILES string of the molecule is CCC(CC)(CCCCCc1ccc(F)cc1)O[SiH3]. The summed E-state index contributed by atoms with van der Waals surface area (Å²) in [5.74, 6) is -0.149. The third-order valence-corrected chi connectivity index (χ3v) is 5.10. The molecule has 0 atom stereocenters. The molecular weight excluding hydrogens is 255 g/mol. The first-order valence-electron chi connectivity index (χ1n) is 7.45. The number of hydrogen-bond donors (Lipinski definition) is 0. The molecule has 0 aliphatic rings. The van der Waals surface area contributed by atoms with Crippen LogP contribution in [0.15, 0.2) is 24.3 Å². The quantitative estimate of drug-likeness (QED) is 0.495. The van der Waals surface area contributed by atoms with Gasteiger partial charge in [-0.2, -0.15) is 0 Å². The monoisotopic (exact) mass is 282 g/mol. The van der Waals surface area contributed by atoms with Gasteiger partial charge in [-0.1, -0.05) is 38.8 Å². The van der Waals surface area contributed by atoms with Crippen molar-refractivity contribution in [3.8, 4) is 0 Å². The topological polar surface area (TPSA) is 9.23 Å². The predicted molar refractivity (Wildman–Crippen MR) is 82.9 cm³/mol. The molecule has 0 unspecified atom stereocenters. The van der Waals surface area contributed by atoms with Crippen molar-refractivity contribution < 1.29 is 8.82 Å². The first kappa shape index (κ1) is 16.4. The highest BCUT2D eigenvalue weighted by atomic mass is 28.2. The van der Waals surface area contributed by atoms with E-state index in [2.05, 4.69) is 13.8 Å². The molecule has 0 saturated heterocycles. The Morgan fingerprint density at radius 3 is 2.21 bits per heavy atom. The van der Waals surface area contributed by atoms with E-state index in [-0.39, 0.29) is 11.4 Å². The zero-order valence-corrected chi connectivity index (χ0v) is 14.5. The number of unbranched alkanes of at least 4 members (excludes halogenated alkanes) is 2. The molecule has 0 amide bonds. The molecule has 1 aromatic carbocycles. The second-order valence-corrected chi connectivity index (χ2v) is 5.69. The van der Waals surface area contributed by atoms with Gasteiger partial charge in [0.25, 0.3) is 0 Å². The highest BCUT2D eigenvalue weighted by Gasteiger charge is 2.23. The minimum Gasteiger partial charge on any atom is -0.422 e. The first-order chi connectivity index (χ1) is 9.15. The van der Waals surface area contributed by atoms with Crippen molar-refractivity contribution in [2.24, 2.45) is 0 Å². The molecule has 1 rings (SSSR count). The van der Waals surface area contributed by atoms with Gasteiger partial charge in [-0.3, -0.25) is 0 Å². The molecule has 0 N–H and O–H groups in total. The summed E-state index contributed by atoms with van der Waals surface area (Å²) in [5, 5.41) is 0. The molecule has 0 heterocycles. The van der Waals surface area contributed by atoms with Crippen molar-refractivity contribution in [1.82, 2.24) is 0 Å². The molecule has 0 fully saturated rings. The summed E-state index contributed by atoms with van der Waals surface area (Å²) < 4.78 is 18.6. The standard InChI is InChI=1S/C16H27FOSi/c1-3-16(4-2,18-19)13-7-5-6-8-14-9-11-15(17)12-10-14/h9-12H,3-8,13H2,1-2,19H3. The number of benzene rings is 1. The lowest BCUT2D eigenvalue weighted by molar-refractivity contribution is 0.0584. The summed E-state index contributed by atoms with van der Waals surface area (Å²) in [5.41, 5.74) is 1.38. The number of aryl methyl sites for hydroxylation is 1. The average molecular weight is 282 g/mol.